The second-order valence-electron chi connectivity index (χ2n) is 8.25. The van der Waals surface area contributed by atoms with Gasteiger partial charge in [0.25, 0.3) is 0 Å². The molecule has 35 heavy (non-hydrogen) atoms. The van der Waals surface area contributed by atoms with Crippen LogP contribution in [0.4, 0.5) is 35.6 Å². The number of anilines is 3. The van der Waals surface area contributed by atoms with E-state index in [1.54, 1.807) is 12.2 Å². The van der Waals surface area contributed by atoms with Crippen molar-refractivity contribution < 1.29 is 27.1 Å². The van der Waals surface area contributed by atoms with Crippen molar-refractivity contribution in [2.45, 2.75) is 31.4 Å². The maximum absolute atomic E-state index is 13.5. The molecule has 4 heterocycles. The average Bonchev–Trinajstić information content (AvgIpc) is 3.18. The fraction of sp³-hybridized carbons (Fsp3) is 0.455. The maximum Gasteiger partial charge on any atom is 0.421 e. The lowest BCUT2D eigenvalue weighted by Gasteiger charge is -2.26. The van der Waals surface area contributed by atoms with E-state index in [1.165, 1.54) is 23.6 Å². The molecule has 188 valence electrons. The Kier molecular flexibility index (Phi) is 7.54. The Morgan fingerprint density at radius 3 is 2.74 bits per heavy atom. The minimum absolute atomic E-state index is 0.0586. The highest BCUT2D eigenvalue weighted by molar-refractivity contribution is 5.70. The third-order valence-corrected chi connectivity index (χ3v) is 5.65. The number of halogens is 3. The van der Waals surface area contributed by atoms with E-state index in [0.29, 0.717) is 18.5 Å². The Morgan fingerprint density at radius 1 is 1.17 bits per heavy atom. The summed E-state index contributed by atoms with van der Waals surface area (Å²) in [5.41, 5.74) is -0.995. The van der Waals surface area contributed by atoms with E-state index in [0.717, 1.165) is 25.9 Å². The Hall–Kier alpha value is -3.61. The molecule has 13 heteroatoms. The van der Waals surface area contributed by atoms with Gasteiger partial charge in [-0.15, -0.1) is 0 Å². The molecule has 2 aliphatic heterocycles. The fourth-order valence-corrected chi connectivity index (χ4v) is 3.73. The first kappa shape index (κ1) is 24.5. The molecule has 1 fully saturated rings. The van der Waals surface area contributed by atoms with Crippen LogP contribution in [0.25, 0.3) is 0 Å². The topological polar surface area (TPSA) is 109 Å². The first-order chi connectivity index (χ1) is 16.8. The van der Waals surface area contributed by atoms with Gasteiger partial charge in [0.05, 0.1) is 12.5 Å². The number of carbonyl (C=O) groups excluding carboxylic acids is 1. The van der Waals surface area contributed by atoms with E-state index < -0.39 is 17.8 Å². The van der Waals surface area contributed by atoms with Crippen molar-refractivity contribution >= 4 is 23.7 Å². The summed E-state index contributed by atoms with van der Waals surface area (Å²) in [5, 5.41) is 5.49. The summed E-state index contributed by atoms with van der Waals surface area (Å²) in [5.74, 6) is 0.601. The molecule has 0 aliphatic carbocycles. The molecule has 2 aliphatic rings. The Labute approximate surface area is 199 Å². The van der Waals surface area contributed by atoms with Crippen molar-refractivity contribution in [1.82, 2.24) is 24.8 Å². The number of allylic oxidation sites excluding steroid dienone is 2. The van der Waals surface area contributed by atoms with Crippen LogP contribution in [-0.4, -0.2) is 64.1 Å². The van der Waals surface area contributed by atoms with Gasteiger partial charge in [0.2, 0.25) is 11.8 Å². The number of piperidine rings is 1. The summed E-state index contributed by atoms with van der Waals surface area (Å²) < 4.78 is 51.0. The van der Waals surface area contributed by atoms with Crippen LogP contribution in [0.2, 0.25) is 0 Å². The lowest BCUT2D eigenvalue weighted by molar-refractivity contribution is -0.137. The number of cyclic esters (lactones) is 1. The van der Waals surface area contributed by atoms with E-state index in [9.17, 15) is 18.0 Å². The van der Waals surface area contributed by atoms with Crippen LogP contribution in [0.3, 0.4) is 0 Å². The van der Waals surface area contributed by atoms with Crippen LogP contribution >= 0.6 is 0 Å². The standard InChI is InChI=1S/C22H26F3N7O3/c1-31-10-5-15(6-11-31)19-27-14-17(35-19)29-20-28-13-16(22(23,24)25)18(30-20)26-7-4-9-32-8-2-3-12-34-21(32)33/h2-3,8,12-15H,4-7,9-11H2,1H3,(H2,26,28,29,30). The predicted molar refractivity (Wildman–Crippen MR) is 121 cm³/mol. The number of nitrogens with one attached hydrogen (secondary N) is 2. The zero-order valence-corrected chi connectivity index (χ0v) is 19.1. The number of alkyl halides is 3. The molecule has 0 radical (unpaired) electrons. The number of likely N-dealkylation sites (tertiary alicyclic amines) is 1. The molecule has 2 aromatic rings. The number of hydrogen-bond acceptors (Lipinski definition) is 9. The second kappa shape index (κ2) is 10.8. The Morgan fingerprint density at radius 2 is 1.97 bits per heavy atom. The molecule has 0 bridgehead atoms. The summed E-state index contributed by atoms with van der Waals surface area (Å²) in [6, 6.07) is 0. The third kappa shape index (κ3) is 6.50. The van der Waals surface area contributed by atoms with Gasteiger partial charge in [0, 0.05) is 31.4 Å². The molecule has 2 aromatic heterocycles. The van der Waals surface area contributed by atoms with Gasteiger partial charge in [-0.05, 0) is 51.6 Å². The Bertz CT molecular complexity index is 1080. The highest BCUT2D eigenvalue weighted by Gasteiger charge is 2.35. The molecule has 1 saturated heterocycles. The molecule has 4 rings (SSSR count). The molecule has 0 spiro atoms. The molecule has 10 nitrogen and oxygen atoms in total. The number of rotatable bonds is 8. The quantitative estimate of drug-likeness (QED) is 0.520. The molecule has 1 amide bonds. The van der Waals surface area contributed by atoms with E-state index in [1.807, 2.05) is 0 Å². The molecular weight excluding hydrogens is 467 g/mol. The van der Waals surface area contributed by atoms with Crippen molar-refractivity contribution in [3.05, 3.63) is 48.5 Å². The number of ether oxygens (including phenoxy) is 1. The van der Waals surface area contributed by atoms with Crippen LogP contribution in [0, 0.1) is 0 Å². The van der Waals surface area contributed by atoms with Gasteiger partial charge in [0.15, 0.2) is 5.89 Å². The minimum atomic E-state index is -4.64. The summed E-state index contributed by atoms with van der Waals surface area (Å²) in [6.07, 6.45) is 5.16. The van der Waals surface area contributed by atoms with Crippen molar-refractivity contribution in [1.29, 1.82) is 0 Å². The van der Waals surface area contributed by atoms with Crippen LogP contribution in [0.5, 0.6) is 0 Å². The summed E-state index contributed by atoms with van der Waals surface area (Å²) >= 11 is 0. The lowest BCUT2D eigenvalue weighted by Crippen LogP contribution is -2.29. The van der Waals surface area contributed by atoms with Gasteiger partial charge in [-0.25, -0.2) is 14.8 Å². The molecule has 0 saturated carbocycles. The normalized spacial score (nSPS) is 17.4. The lowest BCUT2D eigenvalue weighted by atomic mass is 9.97. The Balaban J connectivity index is 1.39. The zero-order chi connectivity index (χ0) is 24.8. The number of aromatic nitrogens is 3. The number of carbonyl (C=O) groups is 1. The molecular formula is C22H26F3N7O3. The van der Waals surface area contributed by atoms with Gasteiger partial charge < -0.3 is 19.4 Å². The van der Waals surface area contributed by atoms with E-state index in [-0.39, 0.29) is 36.7 Å². The van der Waals surface area contributed by atoms with Crippen molar-refractivity contribution in [3.8, 4) is 0 Å². The highest BCUT2D eigenvalue weighted by Crippen LogP contribution is 2.34. The molecule has 2 N–H and O–H groups in total. The summed E-state index contributed by atoms with van der Waals surface area (Å²) in [7, 11) is 2.06. The van der Waals surface area contributed by atoms with Crippen LogP contribution in [0.1, 0.15) is 36.6 Å². The second-order valence-corrected chi connectivity index (χ2v) is 8.25. The summed E-state index contributed by atoms with van der Waals surface area (Å²) in [6.45, 7) is 2.27. The van der Waals surface area contributed by atoms with Gasteiger partial charge >= 0.3 is 12.3 Å². The minimum Gasteiger partial charge on any atom is -0.425 e. The smallest absolute Gasteiger partial charge is 0.421 e. The van der Waals surface area contributed by atoms with Gasteiger partial charge in [-0.3, -0.25) is 10.2 Å². The van der Waals surface area contributed by atoms with Crippen LogP contribution < -0.4 is 10.6 Å². The number of oxazole rings is 1. The molecule has 0 unspecified atom stereocenters. The van der Waals surface area contributed by atoms with E-state index in [4.69, 9.17) is 9.15 Å². The van der Waals surface area contributed by atoms with Gasteiger partial charge in [-0.2, -0.15) is 18.2 Å². The highest BCUT2D eigenvalue weighted by atomic mass is 19.4. The average molecular weight is 493 g/mol. The van der Waals surface area contributed by atoms with E-state index >= 15 is 0 Å². The largest absolute Gasteiger partial charge is 0.425 e. The molecule has 0 atom stereocenters. The van der Waals surface area contributed by atoms with Gasteiger partial charge in [-0.1, -0.05) is 0 Å². The van der Waals surface area contributed by atoms with Crippen LogP contribution in [0.15, 0.2) is 41.4 Å². The number of nitrogens with zero attached hydrogens (tertiary/aromatic N) is 5. The van der Waals surface area contributed by atoms with Crippen LogP contribution in [-0.2, 0) is 10.9 Å². The third-order valence-electron chi connectivity index (χ3n) is 5.65. The zero-order valence-electron chi connectivity index (χ0n) is 19.1. The van der Waals surface area contributed by atoms with Gasteiger partial charge in [0.1, 0.15) is 11.4 Å². The maximum atomic E-state index is 13.5. The molecule has 0 aromatic carbocycles. The van der Waals surface area contributed by atoms with Crippen molar-refractivity contribution in [3.63, 3.8) is 0 Å². The number of amides is 1. The number of hydrogen-bond donors (Lipinski definition) is 2. The fourth-order valence-electron chi connectivity index (χ4n) is 3.73. The van der Waals surface area contributed by atoms with Crippen molar-refractivity contribution in [2.24, 2.45) is 0 Å². The first-order valence-corrected chi connectivity index (χ1v) is 11.2. The monoisotopic (exact) mass is 493 g/mol. The first-order valence-electron chi connectivity index (χ1n) is 11.2. The summed E-state index contributed by atoms with van der Waals surface area (Å²) in [4.78, 5) is 27.4. The van der Waals surface area contributed by atoms with E-state index in [2.05, 4.69) is 37.5 Å². The predicted octanol–water partition coefficient (Wildman–Crippen LogP) is 4.32. The van der Waals surface area contributed by atoms with Crippen molar-refractivity contribution in [2.75, 3.05) is 43.9 Å². The SMILES string of the molecule is CN1CCC(c2ncc(Nc3ncc(C(F)(F)F)c(NCCCN4C=CC=COC4=O)n3)o2)CC1.